The fourth-order valence-corrected chi connectivity index (χ4v) is 16.7. The zero-order chi connectivity index (χ0) is 88.2. The molecule has 33 heteroatoms. The highest BCUT2D eigenvalue weighted by molar-refractivity contribution is 5.99. The van der Waals surface area contributed by atoms with Crippen molar-refractivity contribution in [3.8, 4) is 34.2 Å². The fourth-order valence-electron chi connectivity index (χ4n) is 16.7. The highest BCUT2D eigenvalue weighted by Gasteiger charge is 2.26. The maximum absolute atomic E-state index is 13.0. The van der Waals surface area contributed by atoms with E-state index < -0.39 is 39.9 Å². The van der Waals surface area contributed by atoms with Crippen LogP contribution in [0.4, 0.5) is 23.8 Å². The highest BCUT2D eigenvalue weighted by atomic mass is 16.5. The SMILES string of the molecule is CNC(=O)c1cn(-c2ccc3c(c2)CCC3)c2nc(NCCCN(C)C)ncc2c1=O.COCCNc1ncc2c(=O)c(C(N)=O)cn(-c3ccc4c(c3)CCC4)c2n1.COc1cc(CNc2ncc3c(=O)c(C(N)=O)cn(-c4ccc5c(c4)CCC5)c3n2)cc(OC)c1.NC(=O)c1cn(-c2ccc3c(c2)CCC3)c2nc(NCCCN3CCCC3)ncc2c1=O. The van der Waals surface area contributed by atoms with Gasteiger partial charge in [-0.25, -0.2) is 19.9 Å². The van der Waals surface area contributed by atoms with Gasteiger partial charge in [-0.05, 0) is 254 Å². The number of amides is 4. The fraction of sp³-hybridized carbons (Fsp3) is 0.333. The number of ether oxygens (including phenoxy) is 3. The molecule has 13 aromatic rings. The lowest BCUT2D eigenvalue weighted by Crippen LogP contribution is -2.27. The van der Waals surface area contributed by atoms with Crippen LogP contribution in [0.1, 0.15) is 143 Å². The normalized spacial score (nSPS) is 13.5. The van der Waals surface area contributed by atoms with Gasteiger partial charge in [-0.1, -0.05) is 24.3 Å². The van der Waals surface area contributed by atoms with Gasteiger partial charge in [-0.2, -0.15) is 19.9 Å². The van der Waals surface area contributed by atoms with Crippen LogP contribution in [0.25, 0.3) is 66.9 Å². The van der Waals surface area contributed by atoms with Crippen molar-refractivity contribution in [2.75, 3.05) is 116 Å². The Hall–Kier alpha value is -14.2. The molecule has 18 rings (SSSR count). The second-order valence-corrected chi connectivity index (χ2v) is 32.0. The van der Waals surface area contributed by atoms with E-state index in [0.29, 0.717) is 83.0 Å². The van der Waals surface area contributed by atoms with Crippen molar-refractivity contribution >= 4 is 91.6 Å². The summed E-state index contributed by atoms with van der Waals surface area (Å²) in [6, 6.07) is 30.3. The first kappa shape index (κ1) is 86.7. The standard InChI is InChI=1S/C26H25N5O4.C24H28N6O2.C23H28N6O2.C20H21N5O3/c1-34-19-8-15(9-20(11-19)35-2)12-28-26-29-13-21-23(32)22(24(27)33)14-31(25(21)30-26)18-7-6-16-4-3-5-17(16)10-18;25-22(32)20-15-30(18-8-7-16-5-3-6-17(16)13-18)23-19(21(20)31)14-27-24(28-23)26-9-4-12-29-10-1-2-11-29;1-24-22(31)19-14-29(17-9-8-15-6-4-7-16(15)12-17)21-18(20(19)30)13-26-23(27-21)25-10-5-11-28(2)3;1-28-8-7-22-20-23-10-15-17(26)16(18(21)27)11-25(19(15)24-20)14-6-5-12-3-2-4-13(12)9-14/h6-11,13-14H,3-5,12H2,1-2H3,(H2,27,33)(H,28,29,30);7-8,13-15H,1-6,9-12H2,(H2,25,32)(H,26,27,28);8-9,12-14H,4-7,10-11H2,1-3H3,(H,24,31)(H,25,26,27);5-6,9-11H,2-4,7-8H2,1H3,(H2,21,27)(H,22,23,24). The number of nitrogens with two attached hydrogens (primary N) is 3. The molecule has 5 aromatic carbocycles. The average molecular weight is 1700 g/mol. The highest BCUT2D eigenvalue weighted by Crippen LogP contribution is 2.32. The van der Waals surface area contributed by atoms with Crippen LogP contribution in [0.2, 0.25) is 0 Å². The number of hydrogen-bond acceptors (Lipinski definition) is 25. The van der Waals surface area contributed by atoms with Crippen molar-refractivity contribution in [1.29, 1.82) is 0 Å². The minimum atomic E-state index is -0.791. The molecule has 126 heavy (non-hydrogen) atoms. The number of anilines is 4. The molecule has 0 bridgehead atoms. The van der Waals surface area contributed by atoms with E-state index in [1.165, 1.54) is 121 Å². The van der Waals surface area contributed by atoms with Crippen molar-refractivity contribution in [2.45, 2.75) is 109 Å². The van der Waals surface area contributed by atoms with Crippen molar-refractivity contribution in [3.05, 3.63) is 254 Å². The second-order valence-electron chi connectivity index (χ2n) is 32.0. The number of pyridine rings is 4. The first-order valence-corrected chi connectivity index (χ1v) is 42.5. The predicted molar refractivity (Wildman–Crippen MR) is 485 cm³/mol. The minimum Gasteiger partial charge on any atom is -0.497 e. The van der Waals surface area contributed by atoms with Crippen LogP contribution in [0, 0.1) is 0 Å². The number of rotatable bonds is 27. The van der Waals surface area contributed by atoms with Crippen molar-refractivity contribution in [2.24, 2.45) is 17.2 Å². The lowest BCUT2D eigenvalue weighted by molar-refractivity contribution is 0.0958. The van der Waals surface area contributed by atoms with E-state index in [2.05, 4.69) is 125 Å². The number of hydrogen-bond donors (Lipinski definition) is 8. The summed E-state index contributed by atoms with van der Waals surface area (Å²) in [7, 11) is 10.4. The smallest absolute Gasteiger partial charge is 0.256 e. The molecule has 33 nitrogen and oxygen atoms in total. The number of aryl methyl sites for hydroxylation is 8. The monoisotopic (exact) mass is 1700 g/mol. The van der Waals surface area contributed by atoms with E-state index >= 15 is 0 Å². The summed E-state index contributed by atoms with van der Waals surface area (Å²) in [6.07, 6.45) is 29.3. The van der Waals surface area contributed by atoms with Crippen LogP contribution in [0.15, 0.2) is 160 Å². The Kier molecular flexibility index (Phi) is 26.9. The number of carbonyl (C=O) groups excluding carboxylic acids is 4. The van der Waals surface area contributed by atoms with E-state index in [1.807, 2.05) is 55.1 Å². The van der Waals surface area contributed by atoms with E-state index in [-0.39, 0.29) is 43.8 Å². The third kappa shape index (κ3) is 19.4. The largest absolute Gasteiger partial charge is 0.497 e. The summed E-state index contributed by atoms with van der Waals surface area (Å²) in [5, 5.41) is 16.4. The maximum Gasteiger partial charge on any atom is 0.256 e. The van der Waals surface area contributed by atoms with Gasteiger partial charge in [-0.15, -0.1) is 0 Å². The molecule has 5 aliphatic rings. The molecular formula is C93H102N22O11. The van der Waals surface area contributed by atoms with E-state index in [4.69, 9.17) is 31.4 Å². The van der Waals surface area contributed by atoms with Crippen molar-refractivity contribution in [3.63, 3.8) is 0 Å². The van der Waals surface area contributed by atoms with Gasteiger partial charge in [0.1, 0.15) is 33.8 Å². The maximum atomic E-state index is 13.0. The Morgan fingerprint density at radius 2 is 0.746 bits per heavy atom. The summed E-state index contributed by atoms with van der Waals surface area (Å²) >= 11 is 0. The molecule has 11 N–H and O–H groups in total. The molecular weight excluding hydrogens is 1600 g/mol. The molecule has 1 saturated heterocycles. The number of carbonyl (C=O) groups is 4. The van der Waals surface area contributed by atoms with E-state index in [9.17, 15) is 38.4 Å². The zero-order valence-corrected chi connectivity index (χ0v) is 71.4. The number of benzene rings is 5. The summed E-state index contributed by atoms with van der Waals surface area (Å²) in [6.45, 7) is 7.29. The lowest BCUT2D eigenvalue weighted by atomic mass is 10.1. The first-order valence-electron chi connectivity index (χ1n) is 42.5. The van der Waals surface area contributed by atoms with Crippen molar-refractivity contribution < 1.29 is 33.4 Å². The number of aromatic nitrogens is 12. The predicted octanol–water partition coefficient (Wildman–Crippen LogP) is 8.68. The first-order chi connectivity index (χ1) is 61.1. The van der Waals surface area contributed by atoms with E-state index in [0.717, 1.165) is 144 Å². The third-order valence-electron chi connectivity index (χ3n) is 23.3. The summed E-state index contributed by atoms with van der Waals surface area (Å²) in [5.41, 5.74) is 31.0. The molecule has 1 fully saturated rings. The van der Waals surface area contributed by atoms with Crippen LogP contribution < -0.4 is 75.0 Å². The number of primary amides is 3. The van der Waals surface area contributed by atoms with Gasteiger partial charge in [0.25, 0.3) is 23.6 Å². The zero-order valence-electron chi connectivity index (χ0n) is 71.4. The molecule has 650 valence electrons. The molecule has 0 saturated carbocycles. The number of methoxy groups -OCH3 is 3. The molecule has 9 heterocycles. The van der Waals surface area contributed by atoms with Crippen molar-refractivity contribution in [1.82, 2.24) is 73.3 Å². The van der Waals surface area contributed by atoms with Gasteiger partial charge in [-0.3, -0.25) is 38.4 Å². The van der Waals surface area contributed by atoms with Gasteiger partial charge < -0.3 is 86.1 Å². The van der Waals surface area contributed by atoms with Crippen LogP contribution >= 0.6 is 0 Å². The average Bonchev–Trinajstić information content (AvgIpc) is 1.28. The van der Waals surface area contributed by atoms with Gasteiger partial charge in [0.2, 0.25) is 45.5 Å². The quantitative estimate of drug-likeness (QED) is 0.0223. The Morgan fingerprint density at radius 3 is 1.09 bits per heavy atom. The number of nitrogens with one attached hydrogen (secondary N) is 5. The Bertz CT molecular complexity index is 6600. The topological polar surface area (TPSA) is 432 Å². The molecule has 0 unspecified atom stereocenters. The Balaban J connectivity index is 0.000000130. The lowest BCUT2D eigenvalue weighted by Gasteiger charge is -2.15. The van der Waals surface area contributed by atoms with Crippen LogP contribution in [-0.2, 0) is 62.6 Å². The van der Waals surface area contributed by atoms with Gasteiger partial charge in [0, 0.05) is 119 Å². The summed E-state index contributed by atoms with van der Waals surface area (Å²) < 4.78 is 22.8. The Morgan fingerprint density at radius 1 is 0.413 bits per heavy atom. The number of likely N-dealkylation sites (tertiary alicyclic amines) is 1. The van der Waals surface area contributed by atoms with Gasteiger partial charge >= 0.3 is 0 Å². The van der Waals surface area contributed by atoms with Gasteiger partial charge in [0.05, 0.1) is 42.4 Å². The molecule has 4 aliphatic carbocycles. The van der Waals surface area contributed by atoms with Crippen LogP contribution in [0.5, 0.6) is 11.5 Å². The van der Waals surface area contributed by atoms with Crippen LogP contribution in [-0.4, -0.2) is 186 Å². The minimum absolute atomic E-state index is 0.0621. The number of fused-ring (bicyclic) bond motifs is 8. The number of nitrogens with zero attached hydrogens (tertiary/aromatic N) is 14. The van der Waals surface area contributed by atoms with E-state index in [1.54, 1.807) is 47.3 Å². The van der Waals surface area contributed by atoms with Gasteiger partial charge in [0.15, 0.2) is 22.6 Å². The second kappa shape index (κ2) is 39.1. The molecule has 0 atom stereocenters. The molecule has 4 amide bonds. The van der Waals surface area contributed by atoms with Crippen LogP contribution in [0.3, 0.4) is 0 Å². The third-order valence-corrected chi connectivity index (χ3v) is 23.3. The molecule has 0 spiro atoms. The Labute approximate surface area is 725 Å². The summed E-state index contributed by atoms with van der Waals surface area (Å²) in [5.74, 6) is 0.253. The summed E-state index contributed by atoms with van der Waals surface area (Å²) in [4.78, 5) is 140. The molecule has 8 aromatic heterocycles. The molecule has 0 radical (unpaired) electrons. The molecule has 1 aliphatic heterocycles.